The summed E-state index contributed by atoms with van der Waals surface area (Å²) in [7, 11) is -19.6. The van der Waals surface area contributed by atoms with Crippen LogP contribution in [0.25, 0.3) is 6.08 Å². The number of halogens is 10. The van der Waals surface area contributed by atoms with Crippen LogP contribution >= 0.6 is 11.6 Å². The van der Waals surface area contributed by atoms with Crippen molar-refractivity contribution in [2.75, 3.05) is 3.71 Å². The second kappa shape index (κ2) is 19.5. The number of carbonyl (C=O) groups excluding carboxylic acids is 1. The molecular formula is C37H28ClF9N8O8S3. The quantitative estimate of drug-likeness (QED) is 0.0831. The van der Waals surface area contributed by atoms with Crippen molar-refractivity contribution in [1.29, 1.82) is 10.5 Å². The van der Waals surface area contributed by atoms with Gasteiger partial charge in [-0.15, -0.1) is 3.71 Å². The molecule has 0 amide bonds. The molecular weight excluding hydrogens is 987 g/mol. The van der Waals surface area contributed by atoms with Crippen LogP contribution in [-0.2, 0) is 71.5 Å². The Morgan fingerprint density at radius 3 is 1.62 bits per heavy atom. The van der Waals surface area contributed by atoms with E-state index in [1.54, 1.807) is 4.68 Å². The van der Waals surface area contributed by atoms with Crippen molar-refractivity contribution in [3.8, 4) is 12.1 Å². The number of alkyl halides is 9. The van der Waals surface area contributed by atoms with E-state index in [1.807, 2.05) is 66.7 Å². The number of hydrogen-bond donors (Lipinski definition) is 0. The summed E-state index contributed by atoms with van der Waals surface area (Å²) in [4.78, 5) is 14.4. The monoisotopic (exact) mass is 1010 g/mol. The standard InChI is InChI=1S/C15H10F3N3O3S.C14H11N3O.C7H3ClF6N2O4S2.CH4/c16-15(17,18)25(22,23)24-11-6-12-13(8-19)20-21(14(12)7-11)9-10-4-2-1-3-5-10;15-8-13-12-6-11(18)7-14(12)17(16-13)9-10-4-2-1-3-5-10;8-4-1-2-5(15-3-4)16(21(17,18)6(9,10)11)22(19,20)7(12,13)14;/h1-5,7H,6,9H2;1-5H,6-7,9H2;1-3H;1H4. The predicted octanol–water partition coefficient (Wildman–Crippen LogP) is 6.91. The Balaban J connectivity index is 0.000000217. The molecule has 0 saturated heterocycles. The number of nitrogens with zero attached hydrogens (tertiary/aromatic N) is 8. The first-order valence-corrected chi connectivity index (χ1v) is 22.1. The topological polar surface area (TPSA) is 228 Å². The molecule has 0 saturated carbocycles. The fraction of sp³-hybridized carbons (Fsp3) is 0.243. The molecule has 0 spiro atoms. The molecule has 0 atom stereocenters. The average molecular weight is 1020 g/mol. The van der Waals surface area contributed by atoms with Crippen LogP contribution in [0.15, 0.2) is 84.8 Å². The fourth-order valence-corrected chi connectivity index (χ4v) is 9.03. The number of rotatable bonds is 9. The summed E-state index contributed by atoms with van der Waals surface area (Å²) in [5.74, 6) is -1.87. The minimum atomic E-state index is -6.93. The number of pyridine rings is 1. The molecule has 2 aliphatic rings. The van der Waals surface area contributed by atoms with Crippen molar-refractivity contribution >= 4 is 59.4 Å². The number of ketones is 1. The van der Waals surface area contributed by atoms with Gasteiger partial charge < -0.3 is 4.18 Å². The number of benzene rings is 2. The third-order valence-corrected chi connectivity index (χ3v) is 13.4. The number of nitriles is 2. The van der Waals surface area contributed by atoms with Crippen LogP contribution in [-0.4, -0.2) is 72.1 Å². The van der Waals surface area contributed by atoms with Crippen LogP contribution in [0.5, 0.6) is 0 Å². The molecule has 0 radical (unpaired) electrons. The van der Waals surface area contributed by atoms with Crippen LogP contribution in [0.3, 0.4) is 0 Å². The molecule has 352 valence electrons. The number of fused-ring (bicyclic) bond motifs is 2. The van der Waals surface area contributed by atoms with Gasteiger partial charge in [0.2, 0.25) is 0 Å². The van der Waals surface area contributed by atoms with Crippen LogP contribution in [0, 0.1) is 22.7 Å². The lowest BCUT2D eigenvalue weighted by Gasteiger charge is -2.24. The number of allylic oxidation sites excluding steroid dienone is 1. The summed E-state index contributed by atoms with van der Waals surface area (Å²) in [6.07, 6.45) is 2.14. The van der Waals surface area contributed by atoms with Gasteiger partial charge in [0, 0.05) is 42.7 Å². The molecule has 16 nitrogen and oxygen atoms in total. The summed E-state index contributed by atoms with van der Waals surface area (Å²) in [6.45, 7) is 0.888. The first-order valence-electron chi connectivity index (χ1n) is 17.4. The second-order valence-corrected chi connectivity index (χ2v) is 18.9. The third kappa shape index (κ3) is 11.3. The van der Waals surface area contributed by atoms with Crippen LogP contribution in [0.1, 0.15) is 52.5 Å². The van der Waals surface area contributed by atoms with Crippen molar-refractivity contribution in [3.05, 3.63) is 135 Å². The van der Waals surface area contributed by atoms with Gasteiger partial charge in [0.05, 0.1) is 29.5 Å². The highest BCUT2D eigenvalue weighted by Crippen LogP contribution is 2.38. The fourth-order valence-electron chi connectivity index (χ4n) is 5.81. The summed E-state index contributed by atoms with van der Waals surface area (Å²) in [5, 5.41) is 26.3. The zero-order chi connectivity index (χ0) is 48.3. The number of sulfonamides is 2. The Bertz CT molecular complexity index is 3010. The molecule has 66 heavy (non-hydrogen) atoms. The Morgan fingerprint density at radius 1 is 0.682 bits per heavy atom. The summed E-state index contributed by atoms with van der Waals surface area (Å²) >= 11 is 5.30. The Hall–Kier alpha value is -6.49. The van der Waals surface area contributed by atoms with Gasteiger partial charge in [-0.05, 0) is 23.3 Å². The van der Waals surface area contributed by atoms with E-state index in [0.717, 1.165) is 28.5 Å². The highest BCUT2D eigenvalue weighted by molar-refractivity contribution is 8.11. The maximum Gasteiger partial charge on any atom is 0.534 e. The lowest BCUT2D eigenvalue weighted by atomic mass is 10.2. The molecule has 0 aliphatic heterocycles. The van der Waals surface area contributed by atoms with E-state index in [-0.39, 0.29) is 43.0 Å². The maximum absolute atomic E-state index is 12.5. The number of carbonyl (C=O) groups is 1. The number of anilines is 1. The molecule has 3 aromatic heterocycles. The number of Topliss-reactive ketones (excluding diaryl/α,β-unsaturated/α-hetero) is 1. The van der Waals surface area contributed by atoms with E-state index in [1.165, 1.54) is 4.68 Å². The van der Waals surface area contributed by atoms with Crippen molar-refractivity contribution < 1.29 is 73.7 Å². The summed E-state index contributed by atoms with van der Waals surface area (Å²) in [6, 6.07) is 23.9. The van der Waals surface area contributed by atoms with E-state index in [2.05, 4.69) is 25.4 Å². The van der Waals surface area contributed by atoms with Gasteiger partial charge in [0.1, 0.15) is 23.7 Å². The molecule has 7 rings (SSSR count). The van der Waals surface area contributed by atoms with E-state index < -0.39 is 62.0 Å². The molecule has 2 aliphatic carbocycles. The zero-order valence-corrected chi connectivity index (χ0v) is 35.2. The van der Waals surface area contributed by atoms with Gasteiger partial charge in [0.25, 0.3) is 0 Å². The van der Waals surface area contributed by atoms with Gasteiger partial charge in [-0.1, -0.05) is 79.7 Å². The minimum Gasteiger partial charge on any atom is -0.380 e. The van der Waals surface area contributed by atoms with Crippen LogP contribution < -0.4 is 3.71 Å². The first-order chi connectivity index (χ1) is 30.1. The lowest BCUT2D eigenvalue weighted by Crippen LogP contribution is -2.49. The van der Waals surface area contributed by atoms with Gasteiger partial charge in [-0.25, -0.2) is 4.98 Å². The zero-order valence-electron chi connectivity index (χ0n) is 32.0. The Morgan fingerprint density at radius 2 is 1.17 bits per heavy atom. The van der Waals surface area contributed by atoms with Crippen molar-refractivity contribution in [1.82, 2.24) is 24.5 Å². The molecule has 29 heteroatoms. The lowest BCUT2D eigenvalue weighted by molar-refractivity contribution is -0.117. The van der Waals surface area contributed by atoms with Crippen molar-refractivity contribution in [2.45, 2.75) is 56.3 Å². The van der Waals surface area contributed by atoms with E-state index in [4.69, 9.17) is 22.1 Å². The van der Waals surface area contributed by atoms with Gasteiger partial charge in [-0.2, -0.15) is 85.5 Å². The second-order valence-electron chi connectivity index (χ2n) is 13.1. The summed E-state index contributed by atoms with van der Waals surface area (Å²) in [5.41, 5.74) is -13.3. The van der Waals surface area contributed by atoms with E-state index in [0.29, 0.717) is 48.6 Å². The predicted molar refractivity (Wildman–Crippen MR) is 214 cm³/mol. The molecule has 0 bridgehead atoms. The molecule has 0 unspecified atom stereocenters. The van der Waals surface area contributed by atoms with Gasteiger partial charge in [-0.3, -0.25) is 14.2 Å². The minimum absolute atomic E-state index is 0. The summed E-state index contributed by atoms with van der Waals surface area (Å²) < 4.78 is 185. The third-order valence-electron chi connectivity index (χ3n) is 8.63. The van der Waals surface area contributed by atoms with Crippen molar-refractivity contribution in [3.63, 3.8) is 0 Å². The van der Waals surface area contributed by atoms with Crippen LogP contribution in [0.4, 0.5) is 45.3 Å². The van der Waals surface area contributed by atoms with Gasteiger partial charge in [0.15, 0.2) is 17.2 Å². The highest BCUT2D eigenvalue weighted by Gasteiger charge is 2.62. The SMILES string of the molecule is C.N#Cc1nn(Cc2ccccc2)c2c1CC(=O)C2.N#Cc1nn(Cc2ccccc2)c2c1CC(OS(=O)(=O)C(F)(F)F)=C2.O=S(=O)(N(c1ccc(Cl)cn1)S(=O)(=O)C(F)(F)F)C(F)(F)F. The van der Waals surface area contributed by atoms with Crippen molar-refractivity contribution in [2.24, 2.45) is 0 Å². The maximum atomic E-state index is 12.5. The molecule has 0 N–H and O–H groups in total. The number of hydrogen-bond acceptors (Lipinski definition) is 13. The molecule has 5 aromatic rings. The number of aromatic nitrogens is 5. The molecule has 2 aromatic carbocycles. The van der Waals surface area contributed by atoms with Gasteiger partial charge >= 0.3 is 46.7 Å². The largest absolute Gasteiger partial charge is 0.534 e. The van der Waals surface area contributed by atoms with E-state index in [9.17, 15) is 69.6 Å². The Labute approximate surface area is 373 Å². The first kappa shape index (κ1) is 52.1. The normalized spacial score (nSPS) is 13.6. The van der Waals surface area contributed by atoms with E-state index >= 15 is 0 Å². The van der Waals surface area contributed by atoms with Crippen LogP contribution in [0.2, 0.25) is 5.02 Å². The molecule has 3 heterocycles. The highest BCUT2D eigenvalue weighted by atomic mass is 35.5. The Kier molecular flexibility index (Phi) is 15.4. The average Bonchev–Trinajstić information content (AvgIpc) is 3.96. The molecule has 0 fully saturated rings. The smallest absolute Gasteiger partial charge is 0.380 e.